The molecule has 0 radical (unpaired) electrons. The molecule has 6 nitrogen and oxygen atoms in total. The normalized spacial score (nSPS) is 12.9. The Balaban J connectivity index is 4.46. The molecule has 1 unspecified atom stereocenters. The summed E-state index contributed by atoms with van der Waals surface area (Å²) in [7, 11) is 0. The van der Waals surface area contributed by atoms with Gasteiger partial charge in [0.1, 0.15) is 6.04 Å². The van der Waals surface area contributed by atoms with Crippen LogP contribution in [-0.4, -0.2) is 47.2 Å². The van der Waals surface area contributed by atoms with Gasteiger partial charge in [-0.15, -0.1) is 0 Å². The lowest BCUT2D eigenvalue weighted by molar-refractivity contribution is -0.125. The highest BCUT2D eigenvalue weighted by molar-refractivity contribution is 7.98. The molecule has 0 aliphatic rings. The number of nitrogens with one attached hydrogen (secondary N) is 2. The lowest BCUT2D eigenvalue weighted by Crippen LogP contribution is -2.55. The summed E-state index contributed by atoms with van der Waals surface area (Å²) in [6, 6.07) is -1.39. The Labute approximate surface area is 106 Å². The molecular weight excluding hydrogens is 242 g/mol. The number of nitrogens with two attached hydrogens (primary N) is 1. The number of carbonyl (C=O) groups is 2. The summed E-state index contributed by atoms with van der Waals surface area (Å²) < 4.78 is 0. The highest BCUT2D eigenvalue weighted by Crippen LogP contribution is 2.05. The second-order valence-electron chi connectivity index (χ2n) is 4.37. The van der Waals surface area contributed by atoms with Gasteiger partial charge in [0.15, 0.2) is 0 Å². The van der Waals surface area contributed by atoms with Gasteiger partial charge in [-0.25, -0.2) is 4.79 Å². The van der Waals surface area contributed by atoms with Gasteiger partial charge in [0.05, 0.1) is 12.1 Å². The first-order chi connectivity index (χ1) is 7.82. The molecule has 0 heterocycles. The first kappa shape index (κ1) is 16.1. The molecule has 0 aromatic heterocycles. The van der Waals surface area contributed by atoms with Crippen molar-refractivity contribution in [2.75, 3.05) is 18.6 Å². The SMILES string of the molecule is CSCCC(NC(N)=O)C(=O)NC(C)(C)CO. The Hall–Kier alpha value is -0.950. The van der Waals surface area contributed by atoms with Crippen LogP contribution < -0.4 is 16.4 Å². The topological polar surface area (TPSA) is 104 Å². The van der Waals surface area contributed by atoms with Crippen molar-refractivity contribution < 1.29 is 14.7 Å². The van der Waals surface area contributed by atoms with Crippen molar-refractivity contribution in [2.24, 2.45) is 5.73 Å². The van der Waals surface area contributed by atoms with Crippen LogP contribution in [0.4, 0.5) is 4.79 Å². The van der Waals surface area contributed by atoms with Gasteiger partial charge >= 0.3 is 6.03 Å². The summed E-state index contributed by atoms with van der Waals surface area (Å²) in [5, 5.41) is 14.1. The molecule has 7 heteroatoms. The van der Waals surface area contributed by atoms with E-state index in [4.69, 9.17) is 10.8 Å². The predicted octanol–water partition coefficient (Wildman–Crippen LogP) is -0.336. The minimum absolute atomic E-state index is 0.176. The number of hydrogen-bond donors (Lipinski definition) is 4. The van der Waals surface area contributed by atoms with Crippen LogP contribution in [0.15, 0.2) is 0 Å². The van der Waals surface area contributed by atoms with Gasteiger partial charge in [-0.3, -0.25) is 4.79 Å². The highest BCUT2D eigenvalue weighted by Gasteiger charge is 2.25. The Morgan fingerprint density at radius 2 is 2.06 bits per heavy atom. The maximum atomic E-state index is 11.9. The number of rotatable bonds is 7. The third kappa shape index (κ3) is 7.06. The molecule has 0 aromatic carbocycles. The van der Waals surface area contributed by atoms with E-state index in [2.05, 4.69) is 10.6 Å². The maximum absolute atomic E-state index is 11.9. The summed E-state index contributed by atoms with van der Waals surface area (Å²) >= 11 is 1.58. The summed E-state index contributed by atoms with van der Waals surface area (Å²) in [4.78, 5) is 22.6. The predicted molar refractivity (Wildman–Crippen MR) is 68.8 cm³/mol. The lowest BCUT2D eigenvalue weighted by Gasteiger charge is -2.26. The van der Waals surface area contributed by atoms with Crippen molar-refractivity contribution >= 4 is 23.7 Å². The lowest BCUT2D eigenvalue weighted by atomic mass is 10.1. The minimum atomic E-state index is -0.729. The van der Waals surface area contributed by atoms with E-state index >= 15 is 0 Å². The van der Waals surface area contributed by atoms with Crippen molar-refractivity contribution in [3.63, 3.8) is 0 Å². The van der Waals surface area contributed by atoms with Gasteiger partial charge in [-0.1, -0.05) is 0 Å². The summed E-state index contributed by atoms with van der Waals surface area (Å²) in [6.07, 6.45) is 2.41. The second kappa shape index (κ2) is 7.39. The number of hydrogen-bond acceptors (Lipinski definition) is 4. The highest BCUT2D eigenvalue weighted by atomic mass is 32.2. The Morgan fingerprint density at radius 3 is 2.47 bits per heavy atom. The number of urea groups is 1. The number of aliphatic hydroxyl groups is 1. The summed E-state index contributed by atoms with van der Waals surface area (Å²) in [5.74, 6) is 0.398. The fraction of sp³-hybridized carbons (Fsp3) is 0.800. The van der Waals surface area contributed by atoms with Gasteiger partial charge in [0.2, 0.25) is 5.91 Å². The van der Waals surface area contributed by atoms with Gasteiger partial charge in [-0.05, 0) is 32.3 Å². The van der Waals surface area contributed by atoms with Crippen molar-refractivity contribution in [1.82, 2.24) is 10.6 Å². The van der Waals surface area contributed by atoms with Crippen LogP contribution in [0.2, 0.25) is 0 Å². The molecule has 0 bridgehead atoms. The number of primary amides is 1. The van der Waals surface area contributed by atoms with Crippen LogP contribution in [0.25, 0.3) is 0 Å². The largest absolute Gasteiger partial charge is 0.394 e. The Kier molecular flexibility index (Phi) is 6.98. The van der Waals surface area contributed by atoms with Crippen LogP contribution in [0.5, 0.6) is 0 Å². The molecule has 0 spiro atoms. The van der Waals surface area contributed by atoms with Crippen molar-refractivity contribution in [3.8, 4) is 0 Å². The van der Waals surface area contributed by atoms with Gasteiger partial charge < -0.3 is 21.5 Å². The molecule has 0 saturated carbocycles. The first-order valence-corrected chi connectivity index (χ1v) is 6.69. The Morgan fingerprint density at radius 1 is 1.47 bits per heavy atom. The molecule has 0 aromatic rings. The van der Waals surface area contributed by atoms with E-state index in [1.54, 1.807) is 25.6 Å². The first-order valence-electron chi connectivity index (χ1n) is 5.30. The zero-order valence-electron chi connectivity index (χ0n) is 10.4. The molecule has 3 amide bonds. The average molecular weight is 263 g/mol. The van der Waals surface area contributed by atoms with Crippen LogP contribution in [0, 0.1) is 0 Å². The molecule has 0 saturated heterocycles. The average Bonchev–Trinajstić information content (AvgIpc) is 2.23. The van der Waals surface area contributed by atoms with E-state index in [0.29, 0.717) is 6.42 Å². The Bertz CT molecular complexity index is 272. The third-order valence-electron chi connectivity index (χ3n) is 2.10. The molecule has 0 aliphatic carbocycles. The monoisotopic (exact) mass is 263 g/mol. The molecule has 17 heavy (non-hydrogen) atoms. The molecule has 1 atom stereocenters. The molecule has 0 aliphatic heterocycles. The molecule has 5 N–H and O–H groups in total. The fourth-order valence-electron chi connectivity index (χ4n) is 1.14. The third-order valence-corrected chi connectivity index (χ3v) is 2.74. The quantitative estimate of drug-likeness (QED) is 0.504. The van der Waals surface area contributed by atoms with Crippen molar-refractivity contribution in [3.05, 3.63) is 0 Å². The molecular formula is C10H21N3O3S. The van der Waals surface area contributed by atoms with Gasteiger partial charge in [0, 0.05) is 0 Å². The fourth-order valence-corrected chi connectivity index (χ4v) is 1.61. The van der Waals surface area contributed by atoms with E-state index < -0.39 is 17.6 Å². The zero-order chi connectivity index (χ0) is 13.5. The van der Waals surface area contributed by atoms with Crippen LogP contribution >= 0.6 is 11.8 Å². The summed E-state index contributed by atoms with van der Waals surface area (Å²) in [6.45, 7) is 3.21. The van der Waals surface area contributed by atoms with Crippen LogP contribution in [0.3, 0.4) is 0 Å². The molecule has 0 rings (SSSR count). The number of thioether (sulfide) groups is 1. The van der Waals surface area contributed by atoms with Crippen LogP contribution in [0.1, 0.15) is 20.3 Å². The van der Waals surface area contributed by atoms with Gasteiger partial charge in [-0.2, -0.15) is 11.8 Å². The summed E-state index contributed by atoms with van der Waals surface area (Å²) in [5.41, 5.74) is 4.30. The van der Waals surface area contributed by atoms with Gasteiger partial charge in [0.25, 0.3) is 0 Å². The second-order valence-corrected chi connectivity index (χ2v) is 5.36. The van der Waals surface area contributed by atoms with Crippen LogP contribution in [-0.2, 0) is 4.79 Å². The smallest absolute Gasteiger partial charge is 0.312 e. The standard InChI is InChI=1S/C10H21N3O3S/c1-10(2,6-14)13-8(15)7(4-5-17-3)12-9(11)16/h7,14H,4-6H2,1-3H3,(H,13,15)(H3,11,12,16). The number of aliphatic hydroxyl groups excluding tert-OH is 1. The number of amides is 3. The number of carbonyl (C=O) groups excluding carboxylic acids is 2. The van der Waals surface area contributed by atoms with E-state index in [9.17, 15) is 9.59 Å². The van der Waals surface area contributed by atoms with E-state index in [1.807, 2.05) is 6.26 Å². The minimum Gasteiger partial charge on any atom is -0.394 e. The van der Waals surface area contributed by atoms with Crippen molar-refractivity contribution in [2.45, 2.75) is 31.8 Å². The molecule has 0 fully saturated rings. The molecule has 100 valence electrons. The van der Waals surface area contributed by atoms with Crippen molar-refractivity contribution in [1.29, 1.82) is 0 Å². The van der Waals surface area contributed by atoms with E-state index in [-0.39, 0.29) is 12.5 Å². The van der Waals surface area contributed by atoms with E-state index in [1.165, 1.54) is 0 Å². The maximum Gasteiger partial charge on any atom is 0.312 e. The zero-order valence-corrected chi connectivity index (χ0v) is 11.3. The van der Waals surface area contributed by atoms with E-state index in [0.717, 1.165) is 5.75 Å².